The van der Waals surface area contributed by atoms with Gasteiger partial charge in [-0.3, -0.25) is 0 Å². The molecule has 0 spiro atoms. The lowest BCUT2D eigenvalue weighted by Crippen LogP contribution is -2.10. The van der Waals surface area contributed by atoms with Crippen molar-refractivity contribution in [3.05, 3.63) is 158 Å². The molecule has 0 aliphatic heterocycles. The Morgan fingerprint density at radius 3 is 1.96 bits per heavy atom. The lowest BCUT2D eigenvalue weighted by Gasteiger charge is -2.27. The van der Waals surface area contributed by atoms with E-state index in [1.54, 1.807) is 0 Å². The van der Waals surface area contributed by atoms with Gasteiger partial charge in [-0.25, -0.2) is 4.98 Å². The van der Waals surface area contributed by atoms with Gasteiger partial charge in [0.15, 0.2) is 5.58 Å². The minimum absolute atomic E-state index is 0.592. The third-order valence-corrected chi connectivity index (χ3v) is 9.85. The van der Waals surface area contributed by atoms with Crippen LogP contribution in [0.1, 0.15) is 0 Å². The summed E-state index contributed by atoms with van der Waals surface area (Å²) in [7, 11) is 0. The standard InChI is InChI=1S/C45H26N2O3/c1-2-9-29-24-30(17-16-27(29)8-1)45-46-37-22-18-28-10-7-13-38(43(28)44(37)50-45)47(31-20-23-41-36(25-31)34-12-4-6-15-40(34)48-41)32-19-21-35-33-11-3-5-14-39(33)49-42(35)26-32/h1-26H. The van der Waals surface area contributed by atoms with Crippen molar-refractivity contribution in [2.45, 2.75) is 0 Å². The second kappa shape index (κ2) is 10.3. The SMILES string of the molecule is c1ccc2cc(-c3nc4ccc5cccc(N(c6ccc7c(c6)oc6ccccc67)c6ccc7oc8ccccc8c7c6)c5c4o3)ccc2c1. The zero-order chi connectivity index (χ0) is 32.8. The van der Waals surface area contributed by atoms with Gasteiger partial charge in [-0.2, -0.15) is 0 Å². The fourth-order valence-electron chi connectivity index (χ4n) is 7.50. The summed E-state index contributed by atoms with van der Waals surface area (Å²) in [6.45, 7) is 0. The molecular formula is C45H26N2O3. The Kier molecular flexibility index (Phi) is 5.60. The summed E-state index contributed by atoms with van der Waals surface area (Å²) < 4.78 is 19.4. The number of furan rings is 2. The normalized spacial score (nSPS) is 12.0. The quantitative estimate of drug-likeness (QED) is 0.191. The van der Waals surface area contributed by atoms with Crippen LogP contribution in [-0.4, -0.2) is 4.98 Å². The van der Waals surface area contributed by atoms with Crippen molar-refractivity contribution in [3.63, 3.8) is 0 Å². The Bertz CT molecular complexity index is 3130. The number of rotatable bonds is 4. The first kappa shape index (κ1) is 27.1. The molecule has 3 heterocycles. The van der Waals surface area contributed by atoms with Gasteiger partial charge in [0.25, 0.3) is 0 Å². The topological polar surface area (TPSA) is 55.6 Å². The van der Waals surface area contributed by atoms with E-state index in [1.807, 2.05) is 36.4 Å². The van der Waals surface area contributed by atoms with Gasteiger partial charge in [0, 0.05) is 44.5 Å². The molecule has 5 heteroatoms. The summed E-state index contributed by atoms with van der Waals surface area (Å²) in [4.78, 5) is 7.29. The first-order valence-electron chi connectivity index (χ1n) is 16.7. The highest BCUT2D eigenvalue weighted by Crippen LogP contribution is 2.45. The van der Waals surface area contributed by atoms with Crippen LogP contribution >= 0.6 is 0 Å². The molecule has 0 atom stereocenters. The zero-order valence-electron chi connectivity index (χ0n) is 26.6. The van der Waals surface area contributed by atoms with E-state index in [4.69, 9.17) is 18.2 Å². The van der Waals surface area contributed by atoms with Crippen molar-refractivity contribution in [2.24, 2.45) is 0 Å². The molecule has 8 aromatic carbocycles. The van der Waals surface area contributed by atoms with E-state index in [1.165, 1.54) is 5.39 Å². The third-order valence-electron chi connectivity index (χ3n) is 9.85. The summed E-state index contributed by atoms with van der Waals surface area (Å²) >= 11 is 0. The van der Waals surface area contributed by atoms with E-state index < -0.39 is 0 Å². The molecule has 0 saturated carbocycles. The maximum Gasteiger partial charge on any atom is 0.227 e. The molecule has 0 amide bonds. The molecule has 50 heavy (non-hydrogen) atoms. The van der Waals surface area contributed by atoms with Crippen LogP contribution in [0.4, 0.5) is 17.1 Å². The van der Waals surface area contributed by atoms with Crippen LogP contribution in [0.25, 0.3) is 88.0 Å². The van der Waals surface area contributed by atoms with E-state index in [2.05, 4.69) is 126 Å². The van der Waals surface area contributed by atoms with Crippen LogP contribution in [0, 0.1) is 0 Å². The van der Waals surface area contributed by atoms with Crippen molar-refractivity contribution in [1.82, 2.24) is 4.98 Å². The van der Waals surface area contributed by atoms with Crippen LogP contribution in [0.3, 0.4) is 0 Å². The van der Waals surface area contributed by atoms with Crippen molar-refractivity contribution in [3.8, 4) is 11.5 Å². The summed E-state index contributed by atoms with van der Waals surface area (Å²) in [5, 5.41) is 8.67. The number of fused-ring (bicyclic) bond motifs is 10. The largest absolute Gasteiger partial charge is 0.456 e. The molecule has 5 nitrogen and oxygen atoms in total. The summed E-state index contributed by atoms with van der Waals surface area (Å²) in [5.41, 5.74) is 8.80. The summed E-state index contributed by atoms with van der Waals surface area (Å²) in [6, 6.07) is 54.4. The Hall–Kier alpha value is -6.85. The molecule has 234 valence electrons. The van der Waals surface area contributed by atoms with E-state index in [9.17, 15) is 0 Å². The first-order chi connectivity index (χ1) is 24.7. The highest BCUT2D eigenvalue weighted by atomic mass is 16.3. The Labute approximate surface area is 285 Å². The molecule has 0 aliphatic rings. The molecule has 11 rings (SSSR count). The number of benzene rings is 8. The first-order valence-corrected chi connectivity index (χ1v) is 16.7. The molecule has 0 radical (unpaired) electrons. The molecule has 0 aliphatic carbocycles. The number of nitrogens with zero attached hydrogens (tertiary/aromatic N) is 2. The van der Waals surface area contributed by atoms with E-state index >= 15 is 0 Å². The monoisotopic (exact) mass is 642 g/mol. The molecule has 11 aromatic rings. The van der Waals surface area contributed by atoms with Crippen LogP contribution in [-0.2, 0) is 0 Å². The van der Waals surface area contributed by atoms with Gasteiger partial charge >= 0.3 is 0 Å². The minimum atomic E-state index is 0.592. The maximum absolute atomic E-state index is 6.73. The second-order valence-electron chi connectivity index (χ2n) is 12.8. The highest BCUT2D eigenvalue weighted by molar-refractivity contribution is 6.14. The van der Waals surface area contributed by atoms with Gasteiger partial charge < -0.3 is 18.2 Å². The van der Waals surface area contributed by atoms with Gasteiger partial charge in [0.05, 0.1) is 11.1 Å². The second-order valence-corrected chi connectivity index (χ2v) is 12.8. The Morgan fingerprint density at radius 1 is 0.420 bits per heavy atom. The minimum Gasteiger partial charge on any atom is -0.456 e. The van der Waals surface area contributed by atoms with Crippen LogP contribution in [0.5, 0.6) is 0 Å². The number of hydrogen-bond acceptors (Lipinski definition) is 5. The highest BCUT2D eigenvalue weighted by Gasteiger charge is 2.22. The van der Waals surface area contributed by atoms with Crippen LogP contribution in [0.15, 0.2) is 171 Å². The maximum atomic E-state index is 6.73. The van der Waals surface area contributed by atoms with Gasteiger partial charge in [-0.1, -0.05) is 84.9 Å². The van der Waals surface area contributed by atoms with Gasteiger partial charge in [-0.15, -0.1) is 0 Å². The lowest BCUT2D eigenvalue weighted by molar-refractivity contribution is 0.623. The van der Waals surface area contributed by atoms with Crippen LogP contribution < -0.4 is 4.90 Å². The average molecular weight is 643 g/mol. The molecule has 0 N–H and O–H groups in total. The van der Waals surface area contributed by atoms with Crippen molar-refractivity contribution >= 4 is 93.6 Å². The number of oxazole rings is 1. The third kappa shape index (κ3) is 4.04. The predicted molar refractivity (Wildman–Crippen MR) is 204 cm³/mol. The number of para-hydroxylation sites is 2. The fourth-order valence-corrected chi connectivity index (χ4v) is 7.50. The molecule has 3 aromatic heterocycles. The number of anilines is 3. The van der Waals surface area contributed by atoms with Crippen LogP contribution in [0.2, 0.25) is 0 Å². The molecule has 0 saturated heterocycles. The van der Waals surface area contributed by atoms with E-state index in [-0.39, 0.29) is 0 Å². The lowest BCUT2D eigenvalue weighted by atomic mass is 10.0. The predicted octanol–water partition coefficient (Wildman–Crippen LogP) is 13.1. The fraction of sp³-hybridized carbons (Fsp3) is 0. The van der Waals surface area contributed by atoms with Crippen molar-refractivity contribution in [1.29, 1.82) is 0 Å². The summed E-state index contributed by atoms with van der Waals surface area (Å²) in [5.74, 6) is 0.592. The van der Waals surface area contributed by atoms with E-state index in [0.717, 1.165) is 93.8 Å². The van der Waals surface area contributed by atoms with Crippen molar-refractivity contribution in [2.75, 3.05) is 4.90 Å². The molecular weight excluding hydrogens is 617 g/mol. The van der Waals surface area contributed by atoms with E-state index in [0.29, 0.717) is 5.89 Å². The average Bonchev–Trinajstić information content (AvgIpc) is 3.88. The van der Waals surface area contributed by atoms with Gasteiger partial charge in [-0.05, 0) is 82.9 Å². The van der Waals surface area contributed by atoms with Crippen molar-refractivity contribution < 1.29 is 13.3 Å². The Morgan fingerprint density at radius 2 is 1.08 bits per heavy atom. The number of hydrogen-bond donors (Lipinski definition) is 0. The smallest absolute Gasteiger partial charge is 0.227 e. The van der Waals surface area contributed by atoms with Gasteiger partial charge in [0.1, 0.15) is 27.8 Å². The molecule has 0 unspecified atom stereocenters. The summed E-state index contributed by atoms with van der Waals surface area (Å²) in [6.07, 6.45) is 0. The van der Waals surface area contributed by atoms with Gasteiger partial charge in [0.2, 0.25) is 5.89 Å². The molecule has 0 bridgehead atoms. The number of aromatic nitrogens is 1. The zero-order valence-corrected chi connectivity index (χ0v) is 26.6. The molecule has 0 fully saturated rings. The Balaban J connectivity index is 1.17.